The van der Waals surface area contributed by atoms with Crippen LogP contribution >= 0.6 is 23.8 Å². The van der Waals surface area contributed by atoms with Gasteiger partial charge in [-0.3, -0.25) is 9.78 Å². The summed E-state index contributed by atoms with van der Waals surface area (Å²) >= 11 is 11.9. The molecule has 4 rings (SSSR count). The van der Waals surface area contributed by atoms with E-state index in [2.05, 4.69) is 39.7 Å². The molecule has 1 aliphatic rings. The van der Waals surface area contributed by atoms with Crippen LogP contribution in [0.5, 0.6) is 0 Å². The molecule has 0 amide bonds. The van der Waals surface area contributed by atoms with Crippen LogP contribution in [0.25, 0.3) is 5.69 Å². The van der Waals surface area contributed by atoms with E-state index in [4.69, 9.17) is 28.6 Å². The smallest absolute Gasteiger partial charge is 0.307 e. The monoisotopic (exact) mass is 468 g/mol. The van der Waals surface area contributed by atoms with Crippen LogP contribution in [0.1, 0.15) is 41.1 Å². The molecule has 8 heteroatoms. The Kier molecular flexibility index (Phi) is 6.48. The Hall–Kier alpha value is -2.90. The second-order valence-electron chi connectivity index (χ2n) is 7.79. The fraction of sp³-hybridized carbons (Fsp3) is 0.292. The van der Waals surface area contributed by atoms with Crippen molar-refractivity contribution in [2.24, 2.45) is 0 Å². The van der Waals surface area contributed by atoms with E-state index >= 15 is 0 Å². The second kappa shape index (κ2) is 9.30. The molecule has 0 unspecified atom stereocenters. The van der Waals surface area contributed by atoms with Gasteiger partial charge in [-0.15, -0.1) is 0 Å². The maximum absolute atomic E-state index is 11.9. The van der Waals surface area contributed by atoms with E-state index in [0.29, 0.717) is 16.7 Å². The molecule has 1 N–H and O–H groups in total. The number of methoxy groups -OCH3 is 1. The van der Waals surface area contributed by atoms with Crippen molar-refractivity contribution in [2.75, 3.05) is 13.7 Å². The SMILES string of the molecule is COC(=O)CCN1C(=S)N[C@H](c2ccccn2)[C@@H]1c1cc(C)n(-c2cccc(Cl)c2)c1C. The molecule has 6 nitrogen and oxygen atoms in total. The molecular weight excluding hydrogens is 444 g/mol. The fourth-order valence-corrected chi connectivity index (χ4v) is 4.91. The summed E-state index contributed by atoms with van der Waals surface area (Å²) in [7, 11) is 1.40. The number of hydrogen-bond acceptors (Lipinski definition) is 4. The van der Waals surface area contributed by atoms with Crippen LogP contribution in [0.3, 0.4) is 0 Å². The summed E-state index contributed by atoms with van der Waals surface area (Å²) in [4.78, 5) is 18.5. The number of rotatable bonds is 6. The van der Waals surface area contributed by atoms with Crippen molar-refractivity contribution in [3.05, 3.63) is 82.4 Å². The van der Waals surface area contributed by atoms with Crippen molar-refractivity contribution in [2.45, 2.75) is 32.4 Å². The van der Waals surface area contributed by atoms with Crippen LogP contribution in [-0.4, -0.2) is 39.2 Å². The van der Waals surface area contributed by atoms with E-state index in [-0.39, 0.29) is 24.5 Å². The van der Waals surface area contributed by atoms with Crippen molar-refractivity contribution in [3.63, 3.8) is 0 Å². The van der Waals surface area contributed by atoms with Gasteiger partial charge in [-0.25, -0.2) is 0 Å². The predicted octanol–water partition coefficient (Wildman–Crippen LogP) is 4.68. The standard InChI is InChI=1S/C24H25ClN4O2S/c1-15-13-19(16(2)29(15)18-8-6-7-17(25)14-18)23-22(20-9-4-5-11-26-20)27-24(32)28(23)12-10-21(30)31-3/h4-9,11,13-14,22-23H,10,12H2,1-3H3,(H,27,32)/t22-,23+/m1/s1. The van der Waals surface area contributed by atoms with Gasteiger partial charge in [0.25, 0.3) is 0 Å². The van der Waals surface area contributed by atoms with E-state index < -0.39 is 0 Å². The van der Waals surface area contributed by atoms with Gasteiger partial charge in [0.15, 0.2) is 5.11 Å². The number of carbonyl (C=O) groups is 1. The number of pyridine rings is 1. The number of aryl methyl sites for hydroxylation is 1. The lowest BCUT2D eigenvalue weighted by Gasteiger charge is -2.28. The first-order valence-electron chi connectivity index (χ1n) is 10.4. The molecule has 0 radical (unpaired) electrons. The molecule has 1 fully saturated rings. The molecular formula is C24H25ClN4O2S. The second-order valence-corrected chi connectivity index (χ2v) is 8.61. The van der Waals surface area contributed by atoms with Crippen LogP contribution in [0.4, 0.5) is 0 Å². The van der Waals surface area contributed by atoms with Crippen LogP contribution in [0.2, 0.25) is 5.02 Å². The summed E-state index contributed by atoms with van der Waals surface area (Å²) in [6.07, 6.45) is 2.03. The molecule has 1 aliphatic heterocycles. The molecule has 1 saturated heterocycles. The Morgan fingerprint density at radius 1 is 1.22 bits per heavy atom. The van der Waals surface area contributed by atoms with Gasteiger partial charge in [-0.2, -0.15) is 0 Å². The molecule has 3 heterocycles. The number of hydrogen-bond donors (Lipinski definition) is 1. The number of carbonyl (C=O) groups excluding carboxylic acids is 1. The van der Waals surface area contributed by atoms with Gasteiger partial charge in [0.2, 0.25) is 0 Å². The molecule has 3 aromatic rings. The zero-order valence-corrected chi connectivity index (χ0v) is 19.8. The van der Waals surface area contributed by atoms with Crippen molar-refractivity contribution in [3.8, 4) is 5.69 Å². The highest BCUT2D eigenvalue weighted by atomic mass is 35.5. The lowest BCUT2D eigenvalue weighted by molar-refractivity contribution is -0.140. The summed E-state index contributed by atoms with van der Waals surface area (Å²) in [5, 5.41) is 4.71. The van der Waals surface area contributed by atoms with Gasteiger partial charge in [-0.1, -0.05) is 23.7 Å². The maximum atomic E-state index is 11.9. The van der Waals surface area contributed by atoms with Crippen molar-refractivity contribution in [1.82, 2.24) is 19.8 Å². The first-order chi connectivity index (χ1) is 15.4. The van der Waals surface area contributed by atoms with Crippen LogP contribution in [-0.2, 0) is 9.53 Å². The zero-order valence-electron chi connectivity index (χ0n) is 18.2. The first-order valence-corrected chi connectivity index (χ1v) is 11.2. The minimum absolute atomic E-state index is 0.124. The summed E-state index contributed by atoms with van der Waals surface area (Å²) in [6, 6.07) is 15.6. The van der Waals surface area contributed by atoms with Crippen molar-refractivity contribution in [1.29, 1.82) is 0 Å². The molecule has 2 aromatic heterocycles. The van der Waals surface area contributed by atoms with E-state index in [1.807, 2.05) is 42.5 Å². The number of aromatic nitrogens is 2. The quantitative estimate of drug-likeness (QED) is 0.418. The summed E-state index contributed by atoms with van der Waals surface area (Å²) in [5.41, 5.74) is 5.20. The third-order valence-electron chi connectivity index (χ3n) is 5.84. The largest absolute Gasteiger partial charge is 0.469 e. The summed E-state index contributed by atoms with van der Waals surface area (Å²) < 4.78 is 7.05. The third kappa shape index (κ3) is 4.23. The van der Waals surface area contributed by atoms with E-state index in [1.165, 1.54) is 7.11 Å². The number of thiocarbonyl (C=S) groups is 1. The molecule has 32 heavy (non-hydrogen) atoms. The van der Waals surface area contributed by atoms with Crippen molar-refractivity contribution < 1.29 is 9.53 Å². The lowest BCUT2D eigenvalue weighted by Crippen LogP contribution is -2.32. The van der Waals surface area contributed by atoms with Gasteiger partial charge in [0.1, 0.15) is 0 Å². The molecule has 1 aromatic carbocycles. The fourth-order valence-electron chi connectivity index (χ4n) is 4.40. The van der Waals surface area contributed by atoms with Crippen LogP contribution in [0.15, 0.2) is 54.7 Å². The van der Waals surface area contributed by atoms with Gasteiger partial charge >= 0.3 is 5.97 Å². The number of benzene rings is 1. The molecule has 0 bridgehead atoms. The van der Waals surface area contributed by atoms with E-state index in [0.717, 1.165) is 28.3 Å². The summed E-state index contributed by atoms with van der Waals surface area (Å²) in [5.74, 6) is -0.266. The third-order valence-corrected chi connectivity index (χ3v) is 6.43. The predicted molar refractivity (Wildman–Crippen MR) is 129 cm³/mol. The molecule has 0 aliphatic carbocycles. The Labute approximate surface area is 198 Å². The Bertz CT molecular complexity index is 1150. The van der Waals surface area contributed by atoms with Crippen LogP contribution < -0.4 is 5.32 Å². The number of nitrogens with one attached hydrogen (secondary N) is 1. The Balaban J connectivity index is 1.80. The molecule has 0 spiro atoms. The van der Waals surface area contributed by atoms with E-state index in [1.54, 1.807) is 6.20 Å². The van der Waals surface area contributed by atoms with Gasteiger partial charge in [0, 0.05) is 34.8 Å². The minimum atomic E-state index is -0.266. The zero-order chi connectivity index (χ0) is 22.8. The highest BCUT2D eigenvalue weighted by molar-refractivity contribution is 7.80. The number of esters is 1. The van der Waals surface area contributed by atoms with Crippen molar-refractivity contribution >= 4 is 34.9 Å². The average Bonchev–Trinajstić information content (AvgIpc) is 3.27. The number of halogens is 1. The van der Waals surface area contributed by atoms with Gasteiger partial charge < -0.3 is 19.5 Å². The maximum Gasteiger partial charge on any atom is 0.307 e. The van der Waals surface area contributed by atoms with Gasteiger partial charge in [-0.05, 0) is 68.0 Å². The van der Waals surface area contributed by atoms with Gasteiger partial charge in [0.05, 0.1) is 31.3 Å². The average molecular weight is 469 g/mol. The summed E-state index contributed by atoms with van der Waals surface area (Å²) in [6.45, 7) is 4.62. The number of nitrogens with zero attached hydrogens (tertiary/aromatic N) is 3. The topological polar surface area (TPSA) is 59.4 Å². The normalized spacial score (nSPS) is 18.0. The van der Waals surface area contributed by atoms with Crippen LogP contribution in [0, 0.1) is 13.8 Å². The lowest BCUT2D eigenvalue weighted by atomic mass is 9.96. The highest BCUT2D eigenvalue weighted by Gasteiger charge is 2.41. The molecule has 166 valence electrons. The Morgan fingerprint density at radius 3 is 2.72 bits per heavy atom. The Morgan fingerprint density at radius 2 is 2.03 bits per heavy atom. The van der Waals surface area contributed by atoms with E-state index in [9.17, 15) is 4.79 Å². The number of ether oxygens (including phenoxy) is 1. The first kappa shape index (κ1) is 22.3. The highest BCUT2D eigenvalue weighted by Crippen LogP contribution is 2.41. The molecule has 0 saturated carbocycles. The minimum Gasteiger partial charge on any atom is -0.469 e. The molecule has 2 atom stereocenters.